The zero-order valence-electron chi connectivity index (χ0n) is 19.4. The number of amides is 1. The fraction of sp³-hybridized carbons (Fsp3) is 0.458. The molecule has 2 N–H and O–H groups in total. The van der Waals surface area contributed by atoms with E-state index in [1.54, 1.807) is 0 Å². The molecule has 3 heterocycles. The average molecular weight is 549 g/mol. The second kappa shape index (κ2) is 9.03. The van der Waals surface area contributed by atoms with Gasteiger partial charge in [0.15, 0.2) is 28.9 Å². The minimum atomic E-state index is -5.78. The van der Waals surface area contributed by atoms with E-state index in [0.29, 0.717) is 11.5 Å². The predicted octanol–water partition coefficient (Wildman–Crippen LogP) is 4.88. The normalized spacial score (nSPS) is 21.2. The summed E-state index contributed by atoms with van der Waals surface area (Å²) < 4.78 is 104. The average Bonchev–Trinajstić information content (AvgIpc) is 3.49. The van der Waals surface area contributed by atoms with Crippen molar-refractivity contribution in [2.24, 2.45) is 11.8 Å². The lowest BCUT2D eigenvalue weighted by atomic mass is 9.69. The first-order valence-corrected chi connectivity index (χ1v) is 11.5. The van der Waals surface area contributed by atoms with Crippen molar-refractivity contribution in [3.63, 3.8) is 0 Å². The Kier molecular flexibility index (Phi) is 6.20. The standard InChI is InChI=1S/C24H21F6NO7/c25-23(26,27)20(24(28,29)30)15-7-14(5-6-31(15)21(32)33)22(34,12-1-3-16-18(8-12)37-10-35-16)13-2-4-17-19(9-13)38-11-36-17/h1-4,8-9,14-15,20,34H,5-7,10-11H2,(H,32,33). The topological polar surface area (TPSA) is 97.7 Å². The third kappa shape index (κ3) is 4.40. The van der Waals surface area contributed by atoms with Gasteiger partial charge in [0.25, 0.3) is 0 Å². The van der Waals surface area contributed by atoms with Crippen LogP contribution in [0.25, 0.3) is 0 Å². The molecule has 0 aliphatic carbocycles. The van der Waals surface area contributed by atoms with Gasteiger partial charge in [0.05, 0.1) is 6.04 Å². The van der Waals surface area contributed by atoms with Crippen molar-refractivity contribution in [2.45, 2.75) is 36.8 Å². The summed E-state index contributed by atoms with van der Waals surface area (Å²) in [5, 5.41) is 21.7. The smallest absolute Gasteiger partial charge is 0.407 e. The van der Waals surface area contributed by atoms with E-state index in [9.17, 15) is 41.4 Å². The number of piperidine rings is 1. The molecule has 0 saturated carbocycles. The van der Waals surface area contributed by atoms with Gasteiger partial charge in [-0.05, 0) is 54.2 Å². The maximum atomic E-state index is 13.7. The molecule has 2 unspecified atom stereocenters. The van der Waals surface area contributed by atoms with Gasteiger partial charge < -0.3 is 34.1 Å². The Morgan fingerprint density at radius 2 is 1.32 bits per heavy atom. The number of alkyl halides is 6. The molecule has 3 aliphatic heterocycles. The molecule has 3 aliphatic rings. The molecular weight excluding hydrogens is 528 g/mol. The number of hydrogen-bond donors (Lipinski definition) is 2. The first-order chi connectivity index (χ1) is 17.8. The number of halogens is 6. The van der Waals surface area contributed by atoms with Crippen molar-refractivity contribution in [2.75, 3.05) is 20.1 Å². The molecule has 1 amide bonds. The number of carboxylic acid groups (broad SMARTS) is 1. The molecular formula is C24H21F6NO7. The molecule has 0 bridgehead atoms. The third-order valence-electron chi connectivity index (χ3n) is 7.20. The van der Waals surface area contributed by atoms with Gasteiger partial charge in [-0.2, -0.15) is 26.3 Å². The Morgan fingerprint density at radius 3 is 1.76 bits per heavy atom. The van der Waals surface area contributed by atoms with Crippen molar-refractivity contribution in [3.05, 3.63) is 47.5 Å². The van der Waals surface area contributed by atoms with Crippen LogP contribution in [-0.4, -0.2) is 59.7 Å². The van der Waals surface area contributed by atoms with Crippen LogP contribution in [0.2, 0.25) is 0 Å². The van der Waals surface area contributed by atoms with Gasteiger partial charge in [0.2, 0.25) is 13.6 Å². The largest absolute Gasteiger partial charge is 0.465 e. The van der Waals surface area contributed by atoms with E-state index in [-0.39, 0.29) is 47.5 Å². The lowest BCUT2D eigenvalue weighted by Crippen LogP contribution is -2.59. The molecule has 2 aromatic carbocycles. The van der Waals surface area contributed by atoms with Gasteiger partial charge in [0, 0.05) is 6.54 Å². The summed E-state index contributed by atoms with van der Waals surface area (Å²) in [5.41, 5.74) is -1.93. The highest BCUT2D eigenvalue weighted by Crippen LogP contribution is 2.52. The van der Waals surface area contributed by atoms with Crippen LogP contribution in [0.5, 0.6) is 23.0 Å². The number of carbonyl (C=O) groups is 1. The van der Waals surface area contributed by atoms with Crippen LogP contribution in [0.1, 0.15) is 24.0 Å². The zero-order chi connectivity index (χ0) is 27.5. The van der Waals surface area contributed by atoms with Crippen LogP contribution in [-0.2, 0) is 5.60 Å². The molecule has 2 aromatic rings. The Morgan fingerprint density at radius 1 is 0.842 bits per heavy atom. The number of nitrogens with zero attached hydrogens (tertiary/aromatic N) is 1. The van der Waals surface area contributed by atoms with E-state index in [2.05, 4.69) is 0 Å². The molecule has 0 radical (unpaired) electrons. The van der Waals surface area contributed by atoms with Crippen LogP contribution in [0.3, 0.4) is 0 Å². The van der Waals surface area contributed by atoms with E-state index in [1.165, 1.54) is 36.4 Å². The number of fused-ring (bicyclic) bond motifs is 2. The van der Waals surface area contributed by atoms with E-state index < -0.39 is 54.9 Å². The SMILES string of the molecule is O=C(O)N1CCC(C(O)(c2ccc3c(c2)OCO3)c2ccc3c(c2)OCO3)CC1C(C(F)(F)F)C(F)(F)F. The van der Waals surface area contributed by atoms with Crippen molar-refractivity contribution >= 4 is 6.09 Å². The second-order valence-corrected chi connectivity index (χ2v) is 9.23. The number of ether oxygens (including phenoxy) is 4. The van der Waals surface area contributed by atoms with Gasteiger partial charge in [-0.15, -0.1) is 0 Å². The minimum Gasteiger partial charge on any atom is -0.465 e. The van der Waals surface area contributed by atoms with Gasteiger partial charge in [0.1, 0.15) is 5.60 Å². The molecule has 1 fully saturated rings. The summed E-state index contributed by atoms with van der Waals surface area (Å²) in [7, 11) is 0. The quantitative estimate of drug-likeness (QED) is 0.525. The summed E-state index contributed by atoms with van der Waals surface area (Å²) in [4.78, 5) is 11.9. The van der Waals surface area contributed by atoms with E-state index in [0.717, 1.165) is 0 Å². The van der Waals surface area contributed by atoms with Gasteiger partial charge in [-0.3, -0.25) is 0 Å². The maximum absolute atomic E-state index is 13.7. The summed E-state index contributed by atoms with van der Waals surface area (Å²) in [5.74, 6) is -4.08. The van der Waals surface area contributed by atoms with Gasteiger partial charge in [-0.1, -0.05) is 12.1 Å². The predicted molar refractivity (Wildman–Crippen MR) is 115 cm³/mol. The minimum absolute atomic E-state index is 0.112. The molecule has 206 valence electrons. The van der Waals surface area contributed by atoms with Crippen molar-refractivity contribution < 1.29 is 60.3 Å². The third-order valence-corrected chi connectivity index (χ3v) is 7.20. The Balaban J connectivity index is 1.63. The molecule has 0 spiro atoms. The van der Waals surface area contributed by atoms with Crippen LogP contribution < -0.4 is 18.9 Å². The number of aliphatic hydroxyl groups is 1. The van der Waals surface area contributed by atoms with Crippen molar-refractivity contribution in [1.82, 2.24) is 4.90 Å². The van der Waals surface area contributed by atoms with Crippen LogP contribution in [0, 0.1) is 11.8 Å². The van der Waals surface area contributed by atoms with Gasteiger partial charge in [-0.25, -0.2) is 4.79 Å². The fourth-order valence-corrected chi connectivity index (χ4v) is 5.46. The highest BCUT2D eigenvalue weighted by Gasteiger charge is 2.63. The fourth-order valence-electron chi connectivity index (χ4n) is 5.46. The zero-order valence-corrected chi connectivity index (χ0v) is 19.4. The lowest BCUT2D eigenvalue weighted by molar-refractivity contribution is -0.301. The summed E-state index contributed by atoms with van der Waals surface area (Å²) in [6.07, 6.45) is -14.6. The van der Waals surface area contributed by atoms with E-state index in [4.69, 9.17) is 18.9 Å². The molecule has 0 aromatic heterocycles. The van der Waals surface area contributed by atoms with Crippen molar-refractivity contribution in [3.8, 4) is 23.0 Å². The Bertz CT molecular complexity index is 1160. The van der Waals surface area contributed by atoms with Crippen molar-refractivity contribution in [1.29, 1.82) is 0 Å². The van der Waals surface area contributed by atoms with Crippen LogP contribution in [0.4, 0.5) is 31.1 Å². The van der Waals surface area contributed by atoms with Crippen LogP contribution >= 0.6 is 0 Å². The van der Waals surface area contributed by atoms with E-state index in [1.807, 2.05) is 0 Å². The van der Waals surface area contributed by atoms with Gasteiger partial charge >= 0.3 is 18.4 Å². The summed E-state index contributed by atoms with van der Waals surface area (Å²) >= 11 is 0. The second-order valence-electron chi connectivity index (χ2n) is 9.23. The number of hydrogen-bond acceptors (Lipinski definition) is 6. The summed E-state index contributed by atoms with van der Waals surface area (Å²) in [6.45, 7) is -0.886. The van der Waals surface area contributed by atoms with E-state index >= 15 is 0 Å². The first-order valence-electron chi connectivity index (χ1n) is 11.5. The lowest BCUT2D eigenvalue weighted by Gasteiger charge is -2.47. The molecule has 2 atom stereocenters. The number of benzene rings is 2. The molecule has 5 rings (SSSR count). The summed E-state index contributed by atoms with van der Waals surface area (Å²) in [6, 6.07) is 6.07. The molecule has 1 saturated heterocycles. The molecule has 38 heavy (non-hydrogen) atoms. The molecule has 8 nitrogen and oxygen atoms in total. The highest BCUT2D eigenvalue weighted by molar-refractivity contribution is 5.66. The monoisotopic (exact) mass is 549 g/mol. The number of rotatable bonds is 4. The Hall–Kier alpha value is -3.55. The number of likely N-dealkylation sites (tertiary alicyclic amines) is 1. The first kappa shape index (κ1) is 26.1. The Labute approximate surface area is 211 Å². The highest BCUT2D eigenvalue weighted by atomic mass is 19.4. The maximum Gasteiger partial charge on any atom is 0.407 e. The molecule has 14 heteroatoms. The van der Waals surface area contributed by atoms with Crippen LogP contribution in [0.15, 0.2) is 36.4 Å².